The number of hydrogen-bond acceptors (Lipinski definition) is 8. The van der Waals surface area contributed by atoms with Gasteiger partial charge in [-0.15, -0.1) is 0 Å². The van der Waals surface area contributed by atoms with Crippen LogP contribution in [-0.4, -0.2) is 45.0 Å². The molecule has 0 spiro atoms. The molecule has 0 unspecified atom stereocenters. The van der Waals surface area contributed by atoms with Crippen LogP contribution in [0.15, 0.2) is 40.4 Å². The first-order valence-electron chi connectivity index (χ1n) is 9.00. The number of nitrogens with one attached hydrogen (secondary N) is 2. The van der Waals surface area contributed by atoms with Crippen LogP contribution in [0, 0.1) is 17.7 Å². The third-order valence-electron chi connectivity index (χ3n) is 4.32. The lowest BCUT2D eigenvalue weighted by molar-refractivity contribution is 0.385. The van der Waals surface area contributed by atoms with Gasteiger partial charge in [-0.2, -0.15) is 0 Å². The van der Waals surface area contributed by atoms with Crippen molar-refractivity contribution in [2.75, 3.05) is 11.8 Å². The second kappa shape index (κ2) is 8.49. The molecular formula is C19H13ClFN7O4S. The van der Waals surface area contributed by atoms with Crippen LogP contribution in [0.25, 0.3) is 11.3 Å². The number of H-pyrrole nitrogens is 1. The first-order valence-corrected chi connectivity index (χ1v) is 10.9. The number of fused-ring (bicyclic) bond motifs is 1. The van der Waals surface area contributed by atoms with E-state index in [4.69, 9.17) is 16.3 Å². The third-order valence-corrected chi connectivity index (χ3v) is 5.86. The lowest BCUT2D eigenvalue weighted by Gasteiger charge is -2.11. The maximum absolute atomic E-state index is 15.0. The molecule has 0 radical (unpaired) electrons. The molecule has 4 heterocycles. The number of imidazole rings is 1. The van der Waals surface area contributed by atoms with Gasteiger partial charge in [0.1, 0.15) is 5.69 Å². The molecule has 0 aliphatic heterocycles. The van der Waals surface area contributed by atoms with Crippen molar-refractivity contribution in [3.05, 3.63) is 63.3 Å². The zero-order chi connectivity index (χ0) is 23.8. The zero-order valence-electron chi connectivity index (χ0n) is 16.9. The van der Waals surface area contributed by atoms with E-state index in [1.165, 1.54) is 43.4 Å². The van der Waals surface area contributed by atoms with Crippen LogP contribution in [-0.2, 0) is 17.1 Å². The molecule has 0 atom stereocenters. The highest BCUT2D eigenvalue weighted by molar-refractivity contribution is 7.92. The van der Waals surface area contributed by atoms with Gasteiger partial charge in [-0.25, -0.2) is 37.5 Å². The van der Waals surface area contributed by atoms with Crippen molar-refractivity contribution in [3.8, 4) is 17.7 Å². The average Bonchev–Trinajstić information content (AvgIpc) is 3.07. The summed E-state index contributed by atoms with van der Waals surface area (Å²) >= 11 is 5.84. The number of aromatic amines is 1. The van der Waals surface area contributed by atoms with Gasteiger partial charge >= 0.3 is 5.69 Å². The minimum atomic E-state index is -4.34. The highest BCUT2D eigenvalue weighted by atomic mass is 35.5. The summed E-state index contributed by atoms with van der Waals surface area (Å²) in [5.74, 6) is 3.37. The van der Waals surface area contributed by atoms with E-state index in [-0.39, 0.29) is 33.5 Å². The number of pyridine rings is 2. The van der Waals surface area contributed by atoms with Gasteiger partial charge in [-0.1, -0.05) is 17.5 Å². The average molecular weight is 490 g/mol. The monoisotopic (exact) mass is 489 g/mol. The van der Waals surface area contributed by atoms with Gasteiger partial charge in [-0.3, -0.25) is 14.3 Å². The number of sulfonamides is 1. The van der Waals surface area contributed by atoms with Crippen molar-refractivity contribution in [3.63, 3.8) is 0 Å². The van der Waals surface area contributed by atoms with Gasteiger partial charge in [0.15, 0.2) is 27.8 Å². The van der Waals surface area contributed by atoms with Crippen molar-refractivity contribution in [2.24, 2.45) is 7.05 Å². The molecule has 11 nitrogen and oxygen atoms in total. The second-order valence-corrected chi connectivity index (χ2v) is 8.54. The van der Waals surface area contributed by atoms with E-state index in [9.17, 15) is 17.6 Å². The highest BCUT2D eigenvalue weighted by Gasteiger charge is 2.24. The minimum absolute atomic E-state index is 0.0437. The van der Waals surface area contributed by atoms with E-state index in [2.05, 4.69) is 36.8 Å². The second-order valence-electron chi connectivity index (χ2n) is 6.45. The van der Waals surface area contributed by atoms with E-state index < -0.39 is 32.2 Å². The van der Waals surface area contributed by atoms with Crippen LogP contribution >= 0.6 is 11.6 Å². The summed E-state index contributed by atoms with van der Waals surface area (Å²) in [5.41, 5.74) is 0.193. The smallest absolute Gasteiger partial charge is 0.328 e. The Bertz CT molecular complexity index is 1620. The van der Waals surface area contributed by atoms with E-state index >= 15 is 0 Å². The lowest BCUT2D eigenvalue weighted by Crippen LogP contribution is -2.17. The number of anilines is 1. The molecule has 0 fully saturated rings. The molecule has 14 heteroatoms. The molecule has 4 aromatic heterocycles. The Morgan fingerprint density at radius 2 is 2.03 bits per heavy atom. The Hall–Kier alpha value is -4.02. The fourth-order valence-corrected chi connectivity index (χ4v) is 4.10. The molecule has 168 valence electrons. The molecular weight excluding hydrogens is 477 g/mol. The van der Waals surface area contributed by atoms with E-state index in [0.29, 0.717) is 0 Å². The van der Waals surface area contributed by atoms with Crippen molar-refractivity contribution < 1.29 is 17.5 Å². The molecule has 0 aliphatic rings. The number of ether oxygens (including phenoxy) is 1. The quantitative estimate of drug-likeness (QED) is 0.410. The molecule has 0 aliphatic carbocycles. The summed E-state index contributed by atoms with van der Waals surface area (Å²) in [6.07, 6.45) is 3.70. The number of aromatic nitrogens is 6. The predicted octanol–water partition coefficient (Wildman–Crippen LogP) is 1.45. The Morgan fingerprint density at radius 1 is 1.24 bits per heavy atom. The molecule has 33 heavy (non-hydrogen) atoms. The molecule has 4 rings (SSSR count). The standard InChI is InChI=1S/C19H13ClFN7O4S/c1-28-17-16(26-19(28)29)23-9-12(25-17)4-3-10-5-6-22-15(14(10)21)27-33(30,31)13-7-11(20)8-24-18(13)32-2/h5-9H,1-2H3,(H,22,27)(H,23,26,29). The topological polar surface area (TPSA) is 145 Å². The summed E-state index contributed by atoms with van der Waals surface area (Å²) < 4.78 is 48.7. The summed E-state index contributed by atoms with van der Waals surface area (Å²) in [6, 6.07) is 2.38. The fourth-order valence-electron chi connectivity index (χ4n) is 2.72. The van der Waals surface area contributed by atoms with Crippen molar-refractivity contribution in [1.29, 1.82) is 0 Å². The fraction of sp³-hybridized carbons (Fsp3) is 0.105. The van der Waals surface area contributed by atoms with Crippen LogP contribution < -0.4 is 15.1 Å². The molecule has 2 N–H and O–H groups in total. The largest absolute Gasteiger partial charge is 0.480 e. The van der Waals surface area contributed by atoms with Gasteiger partial charge in [0, 0.05) is 19.4 Å². The van der Waals surface area contributed by atoms with Crippen LogP contribution in [0.1, 0.15) is 11.3 Å². The maximum Gasteiger partial charge on any atom is 0.328 e. The van der Waals surface area contributed by atoms with Crippen LogP contribution in [0.4, 0.5) is 10.2 Å². The summed E-state index contributed by atoms with van der Waals surface area (Å²) in [5, 5.41) is 0.0437. The van der Waals surface area contributed by atoms with Gasteiger partial charge < -0.3 is 4.74 Å². The predicted molar refractivity (Wildman–Crippen MR) is 116 cm³/mol. The van der Waals surface area contributed by atoms with Crippen molar-refractivity contribution in [2.45, 2.75) is 4.90 Å². The summed E-state index contributed by atoms with van der Waals surface area (Å²) in [7, 11) is -1.60. The highest BCUT2D eigenvalue weighted by Crippen LogP contribution is 2.27. The van der Waals surface area contributed by atoms with Crippen LogP contribution in [0.2, 0.25) is 5.02 Å². The molecule has 0 amide bonds. The third kappa shape index (κ3) is 4.34. The number of hydrogen-bond donors (Lipinski definition) is 2. The Kier molecular flexibility index (Phi) is 5.71. The van der Waals surface area contributed by atoms with Gasteiger partial charge in [0.05, 0.1) is 23.9 Å². The Labute approximate surface area is 190 Å². The SMILES string of the molecule is COc1ncc(Cl)cc1S(=O)(=O)Nc1nccc(C#Cc2cnc3[nH]c(=O)n(C)c3n2)c1F. The first-order chi connectivity index (χ1) is 15.7. The van der Waals surface area contributed by atoms with Crippen molar-refractivity contribution >= 4 is 38.7 Å². The van der Waals surface area contributed by atoms with Crippen LogP contribution in [0.5, 0.6) is 5.88 Å². The van der Waals surface area contributed by atoms with Gasteiger partial charge in [0.25, 0.3) is 10.0 Å². The number of aryl methyl sites for hydroxylation is 1. The molecule has 0 bridgehead atoms. The Morgan fingerprint density at radius 3 is 2.79 bits per heavy atom. The molecule has 0 saturated heterocycles. The van der Waals surface area contributed by atoms with E-state index in [0.717, 1.165) is 6.07 Å². The zero-order valence-corrected chi connectivity index (χ0v) is 18.5. The number of halogens is 2. The van der Waals surface area contributed by atoms with E-state index in [1.54, 1.807) is 0 Å². The number of nitrogens with zero attached hydrogens (tertiary/aromatic N) is 5. The minimum Gasteiger partial charge on any atom is -0.480 e. The molecule has 0 saturated carbocycles. The summed E-state index contributed by atoms with van der Waals surface area (Å²) in [4.78, 5) is 29.6. The van der Waals surface area contributed by atoms with Gasteiger partial charge in [0.2, 0.25) is 5.88 Å². The maximum atomic E-state index is 15.0. The molecule has 4 aromatic rings. The first kappa shape index (κ1) is 22.2. The normalized spacial score (nSPS) is 11.2. The number of methoxy groups -OCH3 is 1. The molecule has 0 aromatic carbocycles. The van der Waals surface area contributed by atoms with Crippen LogP contribution in [0.3, 0.4) is 0 Å². The number of rotatable bonds is 4. The van der Waals surface area contributed by atoms with Gasteiger partial charge in [-0.05, 0) is 18.1 Å². The Balaban J connectivity index is 1.68. The summed E-state index contributed by atoms with van der Waals surface area (Å²) in [6.45, 7) is 0. The van der Waals surface area contributed by atoms with Crippen molar-refractivity contribution in [1.82, 2.24) is 29.5 Å². The lowest BCUT2D eigenvalue weighted by atomic mass is 10.2. The van der Waals surface area contributed by atoms with E-state index in [1.807, 2.05) is 4.72 Å².